The van der Waals surface area contributed by atoms with Crippen LogP contribution in [0.3, 0.4) is 0 Å². The molecule has 1 aromatic rings. The van der Waals surface area contributed by atoms with Gasteiger partial charge in [-0.3, -0.25) is 5.10 Å². The molecule has 0 spiro atoms. The number of aromatic amines is 1. The van der Waals surface area contributed by atoms with Crippen LogP contribution in [0, 0.1) is 0 Å². The average Bonchev–Trinajstić information content (AvgIpc) is 2.72. The van der Waals surface area contributed by atoms with E-state index in [9.17, 15) is 8.42 Å². The molecule has 2 heterocycles. The summed E-state index contributed by atoms with van der Waals surface area (Å²) < 4.78 is 26.4. The van der Waals surface area contributed by atoms with Crippen LogP contribution >= 0.6 is 0 Å². The highest BCUT2D eigenvalue weighted by molar-refractivity contribution is 7.89. The van der Waals surface area contributed by atoms with Crippen molar-refractivity contribution in [1.82, 2.24) is 19.4 Å². The monoisotopic (exact) mass is 273 g/mol. The minimum Gasteiger partial charge on any atom is -0.326 e. The minimum absolute atomic E-state index is 0.134. The molecule has 0 aliphatic carbocycles. The molecule has 8 heteroatoms. The first kappa shape index (κ1) is 13.5. The van der Waals surface area contributed by atoms with E-state index in [2.05, 4.69) is 15.1 Å². The summed E-state index contributed by atoms with van der Waals surface area (Å²) in [6.45, 7) is 2.86. The van der Waals surface area contributed by atoms with Gasteiger partial charge in [-0.15, -0.1) is 0 Å². The normalized spacial score (nSPS) is 19.9. The van der Waals surface area contributed by atoms with Gasteiger partial charge < -0.3 is 10.6 Å². The van der Waals surface area contributed by atoms with Crippen LogP contribution in [0.1, 0.15) is 12.0 Å². The van der Waals surface area contributed by atoms with Crippen molar-refractivity contribution in [2.45, 2.75) is 18.0 Å². The Morgan fingerprint density at radius 2 is 2.17 bits per heavy atom. The molecule has 0 unspecified atom stereocenters. The summed E-state index contributed by atoms with van der Waals surface area (Å²) in [5.41, 5.74) is 6.06. The lowest BCUT2D eigenvalue weighted by Crippen LogP contribution is -2.35. The lowest BCUT2D eigenvalue weighted by molar-refractivity contribution is 0.347. The van der Waals surface area contributed by atoms with Gasteiger partial charge >= 0.3 is 0 Å². The van der Waals surface area contributed by atoms with Crippen molar-refractivity contribution >= 4 is 10.0 Å². The molecule has 2 rings (SSSR count). The molecule has 1 saturated heterocycles. The first-order chi connectivity index (χ1) is 8.55. The van der Waals surface area contributed by atoms with E-state index in [1.54, 1.807) is 0 Å². The number of H-pyrrole nitrogens is 1. The summed E-state index contributed by atoms with van der Waals surface area (Å²) >= 11 is 0. The van der Waals surface area contributed by atoms with E-state index in [1.165, 1.54) is 10.5 Å². The molecule has 102 valence electrons. The van der Waals surface area contributed by atoms with Crippen LogP contribution in [-0.2, 0) is 16.6 Å². The van der Waals surface area contributed by atoms with Crippen molar-refractivity contribution in [3.63, 3.8) is 0 Å². The van der Waals surface area contributed by atoms with Crippen molar-refractivity contribution in [1.29, 1.82) is 0 Å². The van der Waals surface area contributed by atoms with Crippen molar-refractivity contribution in [2.75, 3.05) is 33.2 Å². The number of hydrogen-bond acceptors (Lipinski definition) is 5. The Labute approximate surface area is 107 Å². The lowest BCUT2D eigenvalue weighted by atomic mass is 10.4. The molecule has 1 aliphatic heterocycles. The van der Waals surface area contributed by atoms with Gasteiger partial charge in [-0.25, -0.2) is 8.42 Å². The SMILES string of the molecule is CN1CCCN(S(=O)(=O)c2[nH]ncc2CN)CC1. The highest BCUT2D eigenvalue weighted by Gasteiger charge is 2.29. The topological polar surface area (TPSA) is 95.3 Å². The van der Waals surface area contributed by atoms with Gasteiger partial charge in [-0.2, -0.15) is 9.40 Å². The third-order valence-electron chi connectivity index (χ3n) is 3.17. The molecule has 0 atom stereocenters. The van der Waals surface area contributed by atoms with E-state index in [0.29, 0.717) is 18.7 Å². The highest BCUT2D eigenvalue weighted by Crippen LogP contribution is 2.18. The zero-order valence-electron chi connectivity index (χ0n) is 10.5. The highest BCUT2D eigenvalue weighted by atomic mass is 32.2. The van der Waals surface area contributed by atoms with Gasteiger partial charge in [0.05, 0.1) is 6.20 Å². The predicted molar refractivity (Wildman–Crippen MR) is 67.4 cm³/mol. The third kappa shape index (κ3) is 2.56. The van der Waals surface area contributed by atoms with E-state index >= 15 is 0 Å². The number of rotatable bonds is 3. The van der Waals surface area contributed by atoms with E-state index in [-0.39, 0.29) is 11.6 Å². The quantitative estimate of drug-likeness (QED) is 0.751. The van der Waals surface area contributed by atoms with Crippen molar-refractivity contribution < 1.29 is 8.42 Å². The van der Waals surface area contributed by atoms with Crippen molar-refractivity contribution in [3.05, 3.63) is 11.8 Å². The molecule has 18 heavy (non-hydrogen) atoms. The Balaban J connectivity index is 2.25. The summed E-state index contributed by atoms with van der Waals surface area (Å²) in [6.07, 6.45) is 2.30. The summed E-state index contributed by atoms with van der Waals surface area (Å²) in [5, 5.41) is 6.46. The van der Waals surface area contributed by atoms with Crippen LogP contribution in [0.2, 0.25) is 0 Å². The van der Waals surface area contributed by atoms with Gasteiger partial charge in [-0.05, 0) is 20.0 Å². The van der Waals surface area contributed by atoms with Crippen LogP contribution in [0.15, 0.2) is 11.2 Å². The largest absolute Gasteiger partial charge is 0.326 e. The predicted octanol–water partition coefficient (Wildman–Crippen LogP) is -0.805. The average molecular weight is 273 g/mol. The van der Waals surface area contributed by atoms with Crippen LogP contribution in [0.4, 0.5) is 0 Å². The molecular weight excluding hydrogens is 254 g/mol. The van der Waals surface area contributed by atoms with E-state index in [0.717, 1.165) is 19.5 Å². The first-order valence-electron chi connectivity index (χ1n) is 5.96. The Morgan fingerprint density at radius 1 is 1.39 bits per heavy atom. The van der Waals surface area contributed by atoms with Crippen LogP contribution in [-0.4, -0.2) is 61.0 Å². The molecule has 1 aromatic heterocycles. The first-order valence-corrected chi connectivity index (χ1v) is 7.40. The van der Waals surface area contributed by atoms with Crippen LogP contribution in [0.25, 0.3) is 0 Å². The summed E-state index contributed by atoms with van der Waals surface area (Å²) in [5.74, 6) is 0. The van der Waals surface area contributed by atoms with Gasteiger partial charge in [0, 0.05) is 31.7 Å². The molecule has 0 aromatic carbocycles. The molecular formula is C10H19N5O2S. The maximum atomic E-state index is 12.5. The van der Waals surface area contributed by atoms with E-state index in [1.807, 2.05) is 7.05 Å². The number of aromatic nitrogens is 2. The number of nitrogens with one attached hydrogen (secondary N) is 1. The zero-order chi connectivity index (χ0) is 13.2. The van der Waals surface area contributed by atoms with Crippen LogP contribution in [0.5, 0.6) is 0 Å². The molecule has 0 radical (unpaired) electrons. The van der Waals surface area contributed by atoms with Crippen molar-refractivity contribution in [2.24, 2.45) is 5.73 Å². The van der Waals surface area contributed by atoms with Gasteiger partial charge in [0.1, 0.15) is 0 Å². The number of nitrogens with zero attached hydrogens (tertiary/aromatic N) is 3. The third-order valence-corrected chi connectivity index (χ3v) is 5.09. The maximum absolute atomic E-state index is 12.5. The van der Waals surface area contributed by atoms with E-state index in [4.69, 9.17) is 5.73 Å². The fourth-order valence-electron chi connectivity index (χ4n) is 2.06. The summed E-state index contributed by atoms with van der Waals surface area (Å²) in [4.78, 5) is 2.13. The van der Waals surface area contributed by atoms with Gasteiger partial charge in [0.15, 0.2) is 5.03 Å². The zero-order valence-corrected chi connectivity index (χ0v) is 11.3. The Hall–Kier alpha value is -0.960. The van der Waals surface area contributed by atoms with Gasteiger partial charge in [0.25, 0.3) is 10.0 Å². The van der Waals surface area contributed by atoms with Crippen LogP contribution < -0.4 is 5.73 Å². The molecule has 0 saturated carbocycles. The molecule has 7 nitrogen and oxygen atoms in total. The van der Waals surface area contributed by atoms with Gasteiger partial charge in [-0.1, -0.05) is 0 Å². The second kappa shape index (κ2) is 5.35. The second-order valence-electron chi connectivity index (χ2n) is 4.49. The molecule has 3 N–H and O–H groups in total. The molecule has 1 fully saturated rings. The summed E-state index contributed by atoms with van der Waals surface area (Å²) in [7, 11) is -1.50. The fraction of sp³-hybridized carbons (Fsp3) is 0.700. The molecule has 0 bridgehead atoms. The lowest BCUT2D eigenvalue weighted by Gasteiger charge is -2.19. The minimum atomic E-state index is -3.50. The Bertz CT molecular complexity index is 498. The number of nitrogens with two attached hydrogens (primary N) is 1. The molecule has 1 aliphatic rings. The molecule has 0 amide bonds. The summed E-state index contributed by atoms with van der Waals surface area (Å²) in [6, 6.07) is 0. The Kier molecular flexibility index (Phi) is 4.00. The maximum Gasteiger partial charge on any atom is 0.260 e. The fourth-order valence-corrected chi connectivity index (χ4v) is 3.65. The number of likely N-dealkylation sites (N-methyl/N-ethyl adjacent to an activating group) is 1. The second-order valence-corrected chi connectivity index (χ2v) is 6.36. The van der Waals surface area contributed by atoms with Gasteiger partial charge in [0.2, 0.25) is 0 Å². The Morgan fingerprint density at radius 3 is 2.89 bits per heavy atom. The van der Waals surface area contributed by atoms with E-state index < -0.39 is 10.0 Å². The number of sulfonamides is 1. The smallest absolute Gasteiger partial charge is 0.260 e. The van der Waals surface area contributed by atoms with Crippen molar-refractivity contribution in [3.8, 4) is 0 Å². The standard InChI is InChI=1S/C10H19N5O2S/c1-14-3-2-4-15(6-5-14)18(16,17)10-9(7-11)8-12-13-10/h8H,2-7,11H2,1H3,(H,12,13). The number of hydrogen-bond donors (Lipinski definition) is 2.